The number of esters is 1. The van der Waals surface area contributed by atoms with E-state index in [1.54, 1.807) is 6.92 Å². The van der Waals surface area contributed by atoms with Gasteiger partial charge in [-0.05, 0) is 56.5 Å². The molecule has 7 nitrogen and oxygen atoms in total. The normalized spacial score (nSPS) is 10.2. The Morgan fingerprint density at radius 3 is 2.32 bits per heavy atom. The molecular formula is C21H22N2O5. The number of ether oxygens (including phenoxy) is 1. The minimum atomic E-state index is -0.743. The highest BCUT2D eigenvalue weighted by molar-refractivity contribution is 5.98. The van der Waals surface area contributed by atoms with Gasteiger partial charge in [0.15, 0.2) is 6.61 Å². The second-order valence-electron chi connectivity index (χ2n) is 6.56. The maximum absolute atomic E-state index is 12.7. The number of carbonyl (C=O) groups excluding carboxylic acids is 2. The molecule has 0 saturated heterocycles. The fourth-order valence-electron chi connectivity index (χ4n) is 3.01. The van der Waals surface area contributed by atoms with Crippen LogP contribution in [0.4, 0.5) is 5.69 Å². The van der Waals surface area contributed by atoms with Crippen LogP contribution in [0.15, 0.2) is 33.5 Å². The molecule has 0 aliphatic rings. The van der Waals surface area contributed by atoms with E-state index >= 15 is 0 Å². The highest BCUT2D eigenvalue weighted by atomic mass is 16.5. The monoisotopic (exact) mass is 382 g/mol. The third kappa shape index (κ3) is 5.07. The summed E-state index contributed by atoms with van der Waals surface area (Å²) in [5.41, 5.74) is 2.59. The number of nitriles is 1. The molecule has 2 rings (SSSR count). The number of aryl methyl sites for hydroxylation is 4. The molecule has 0 radical (unpaired) electrons. The minimum Gasteiger partial charge on any atom is -0.452 e. The maximum atomic E-state index is 12.7. The minimum absolute atomic E-state index is 0.127. The Hall–Kier alpha value is -3.40. The third-order valence-corrected chi connectivity index (χ3v) is 4.13. The van der Waals surface area contributed by atoms with Gasteiger partial charge in [-0.2, -0.15) is 5.26 Å². The molecule has 0 unspecified atom stereocenters. The van der Waals surface area contributed by atoms with Crippen LogP contribution in [0.3, 0.4) is 0 Å². The van der Waals surface area contributed by atoms with Crippen LogP contribution in [-0.2, 0) is 9.53 Å². The van der Waals surface area contributed by atoms with Crippen molar-refractivity contribution >= 4 is 17.6 Å². The summed E-state index contributed by atoms with van der Waals surface area (Å²) in [7, 11) is 0. The van der Waals surface area contributed by atoms with Crippen LogP contribution in [0, 0.1) is 39.0 Å². The molecule has 1 amide bonds. The van der Waals surface area contributed by atoms with Crippen molar-refractivity contribution < 1.29 is 18.7 Å². The van der Waals surface area contributed by atoms with Gasteiger partial charge in [-0.25, -0.2) is 9.59 Å². The number of rotatable bonds is 6. The highest BCUT2D eigenvalue weighted by Gasteiger charge is 2.21. The molecule has 0 atom stereocenters. The zero-order valence-corrected chi connectivity index (χ0v) is 16.4. The first-order chi connectivity index (χ1) is 13.2. The standard InChI is InChI=1S/C21H22N2O5/c1-13-8-14(2)10-17(9-13)23(7-5-6-22)18(24)12-27-21(26)20-15(3)11-19(25)28-16(20)4/h8-11H,5,7,12H2,1-4H3. The molecule has 0 aliphatic carbocycles. The van der Waals surface area contributed by atoms with Crippen LogP contribution in [0.1, 0.15) is 39.2 Å². The van der Waals surface area contributed by atoms with Gasteiger partial charge in [-0.1, -0.05) is 6.07 Å². The van der Waals surface area contributed by atoms with Crippen molar-refractivity contribution in [2.24, 2.45) is 0 Å². The first kappa shape index (κ1) is 20.9. The number of nitrogens with zero attached hydrogens (tertiary/aromatic N) is 2. The quantitative estimate of drug-likeness (QED) is 0.712. The van der Waals surface area contributed by atoms with E-state index in [0.29, 0.717) is 11.3 Å². The van der Waals surface area contributed by atoms with E-state index < -0.39 is 24.1 Å². The smallest absolute Gasteiger partial charge is 0.342 e. The van der Waals surface area contributed by atoms with E-state index in [9.17, 15) is 14.4 Å². The molecule has 0 aliphatic heterocycles. The molecule has 1 aromatic carbocycles. The molecule has 0 spiro atoms. The lowest BCUT2D eigenvalue weighted by Crippen LogP contribution is -2.35. The summed E-state index contributed by atoms with van der Waals surface area (Å²) in [4.78, 5) is 37.9. The molecule has 1 aromatic heterocycles. The first-order valence-electron chi connectivity index (χ1n) is 8.77. The fourth-order valence-corrected chi connectivity index (χ4v) is 3.01. The second-order valence-corrected chi connectivity index (χ2v) is 6.56. The Kier molecular flexibility index (Phi) is 6.72. The van der Waals surface area contributed by atoms with Crippen LogP contribution in [0.2, 0.25) is 0 Å². The van der Waals surface area contributed by atoms with Gasteiger partial charge in [0.2, 0.25) is 0 Å². The van der Waals surface area contributed by atoms with Gasteiger partial charge in [0.05, 0.1) is 12.5 Å². The molecule has 7 heteroatoms. The Morgan fingerprint density at radius 1 is 1.11 bits per heavy atom. The summed E-state index contributed by atoms with van der Waals surface area (Å²) in [6, 6.07) is 8.87. The van der Waals surface area contributed by atoms with Crippen molar-refractivity contribution in [2.45, 2.75) is 34.1 Å². The number of hydrogen-bond acceptors (Lipinski definition) is 6. The summed E-state index contributed by atoms with van der Waals surface area (Å²) in [6.07, 6.45) is 0.148. The van der Waals surface area contributed by atoms with Crippen molar-refractivity contribution in [1.82, 2.24) is 0 Å². The van der Waals surface area contributed by atoms with Crippen LogP contribution >= 0.6 is 0 Å². The van der Waals surface area contributed by atoms with E-state index in [2.05, 4.69) is 0 Å². The third-order valence-electron chi connectivity index (χ3n) is 4.13. The number of hydrogen-bond donors (Lipinski definition) is 0. The average molecular weight is 382 g/mol. The van der Waals surface area contributed by atoms with Crippen molar-refractivity contribution in [3.05, 3.63) is 62.7 Å². The molecule has 146 valence electrons. The Bertz CT molecular complexity index is 954. The van der Waals surface area contributed by atoms with E-state index in [1.165, 1.54) is 17.9 Å². The van der Waals surface area contributed by atoms with Gasteiger partial charge in [-0.15, -0.1) is 0 Å². The molecular weight excluding hydrogens is 360 g/mol. The van der Waals surface area contributed by atoms with E-state index in [-0.39, 0.29) is 24.3 Å². The van der Waals surface area contributed by atoms with Crippen LogP contribution in [0.25, 0.3) is 0 Å². The molecule has 0 fully saturated rings. The van der Waals surface area contributed by atoms with Gasteiger partial charge < -0.3 is 14.1 Å². The van der Waals surface area contributed by atoms with Crippen molar-refractivity contribution in [3.63, 3.8) is 0 Å². The second kappa shape index (κ2) is 9.00. The lowest BCUT2D eigenvalue weighted by Gasteiger charge is -2.22. The first-order valence-corrected chi connectivity index (χ1v) is 8.77. The SMILES string of the molecule is Cc1cc(C)cc(N(CCC#N)C(=O)COC(=O)c2c(C)cc(=O)oc2C)c1. The Morgan fingerprint density at radius 2 is 1.75 bits per heavy atom. The van der Waals surface area contributed by atoms with Crippen molar-refractivity contribution in [1.29, 1.82) is 5.26 Å². The highest BCUT2D eigenvalue weighted by Crippen LogP contribution is 2.20. The van der Waals surface area contributed by atoms with E-state index in [1.807, 2.05) is 38.1 Å². The molecule has 2 aromatic rings. The number of anilines is 1. The molecule has 0 N–H and O–H groups in total. The Balaban J connectivity index is 2.19. The zero-order chi connectivity index (χ0) is 20.8. The predicted octanol–water partition coefficient (Wildman–Crippen LogP) is 2.98. The summed E-state index contributed by atoms with van der Waals surface area (Å²) < 4.78 is 10.1. The molecule has 1 heterocycles. The zero-order valence-electron chi connectivity index (χ0n) is 16.4. The van der Waals surface area contributed by atoms with Crippen LogP contribution in [0.5, 0.6) is 0 Å². The van der Waals surface area contributed by atoms with E-state index in [4.69, 9.17) is 14.4 Å². The number of carbonyl (C=O) groups is 2. The van der Waals surface area contributed by atoms with Crippen LogP contribution < -0.4 is 10.5 Å². The summed E-state index contributed by atoms with van der Waals surface area (Å²) in [5.74, 6) is -1.05. The fraction of sp³-hybridized carbons (Fsp3) is 0.333. The lowest BCUT2D eigenvalue weighted by atomic mass is 10.1. The summed E-state index contributed by atoms with van der Waals surface area (Å²) in [6.45, 7) is 6.61. The van der Waals surface area contributed by atoms with Gasteiger partial charge >= 0.3 is 11.6 Å². The van der Waals surface area contributed by atoms with E-state index in [0.717, 1.165) is 11.1 Å². The summed E-state index contributed by atoms with van der Waals surface area (Å²) in [5, 5.41) is 8.89. The largest absolute Gasteiger partial charge is 0.452 e. The molecule has 0 saturated carbocycles. The van der Waals surface area contributed by atoms with Crippen molar-refractivity contribution in [3.8, 4) is 6.07 Å². The average Bonchev–Trinajstić information content (AvgIpc) is 2.58. The van der Waals surface area contributed by atoms with Gasteiger partial charge in [0.25, 0.3) is 5.91 Å². The number of amides is 1. The summed E-state index contributed by atoms with van der Waals surface area (Å²) >= 11 is 0. The Labute approximate surface area is 163 Å². The number of benzene rings is 1. The van der Waals surface area contributed by atoms with Crippen molar-refractivity contribution in [2.75, 3.05) is 18.1 Å². The lowest BCUT2D eigenvalue weighted by molar-refractivity contribution is -0.121. The predicted molar refractivity (Wildman–Crippen MR) is 103 cm³/mol. The van der Waals surface area contributed by atoms with Gasteiger partial charge in [0.1, 0.15) is 11.3 Å². The van der Waals surface area contributed by atoms with Gasteiger partial charge in [-0.3, -0.25) is 4.79 Å². The topological polar surface area (TPSA) is 101 Å². The molecule has 28 heavy (non-hydrogen) atoms. The van der Waals surface area contributed by atoms with Gasteiger partial charge in [0, 0.05) is 18.3 Å². The maximum Gasteiger partial charge on any atom is 0.342 e. The molecule has 0 bridgehead atoms. The van der Waals surface area contributed by atoms with Crippen LogP contribution in [-0.4, -0.2) is 25.0 Å².